The third-order valence-electron chi connectivity index (χ3n) is 5.55. The average Bonchev–Trinajstić information content (AvgIpc) is 2.97. The number of benzene rings is 1. The number of hydrogen-bond acceptors (Lipinski definition) is 5. The van der Waals surface area contributed by atoms with Crippen molar-refractivity contribution < 1.29 is 4.74 Å². The van der Waals surface area contributed by atoms with Crippen LogP contribution in [-0.4, -0.2) is 16.7 Å². The maximum absolute atomic E-state index is 9.96. The summed E-state index contributed by atoms with van der Waals surface area (Å²) < 4.78 is 7.59. The fourth-order valence-corrected chi connectivity index (χ4v) is 4.79. The van der Waals surface area contributed by atoms with Crippen LogP contribution in [0.25, 0.3) is 16.6 Å². The van der Waals surface area contributed by atoms with E-state index in [-0.39, 0.29) is 0 Å². The van der Waals surface area contributed by atoms with E-state index >= 15 is 0 Å². The molecule has 0 radical (unpaired) electrons. The highest BCUT2D eigenvalue weighted by atomic mass is 32.2. The highest BCUT2D eigenvalue weighted by Gasteiger charge is 2.25. The quantitative estimate of drug-likeness (QED) is 0.514. The zero-order valence-electron chi connectivity index (χ0n) is 18.9. The molecule has 0 atom stereocenters. The number of nitriles is 1. The number of pyridine rings is 1. The van der Waals surface area contributed by atoms with Crippen LogP contribution in [0.1, 0.15) is 48.8 Å². The van der Waals surface area contributed by atoms with Crippen LogP contribution in [0.3, 0.4) is 0 Å². The van der Waals surface area contributed by atoms with Gasteiger partial charge in [-0.2, -0.15) is 5.26 Å². The molecule has 2 heterocycles. The van der Waals surface area contributed by atoms with Crippen LogP contribution in [0.5, 0.6) is 5.75 Å². The largest absolute Gasteiger partial charge is 0.496 e. The Morgan fingerprint density at radius 3 is 2.37 bits per heavy atom. The van der Waals surface area contributed by atoms with Crippen LogP contribution in [-0.2, 0) is 0 Å². The Bertz CT molecular complexity index is 1240. The number of rotatable bonds is 4. The van der Waals surface area contributed by atoms with E-state index in [0.717, 1.165) is 49.8 Å². The first-order chi connectivity index (χ1) is 14.1. The molecule has 0 aliphatic carbocycles. The molecule has 0 saturated carbocycles. The van der Waals surface area contributed by atoms with Gasteiger partial charge in [-0.3, -0.25) is 9.55 Å². The van der Waals surface area contributed by atoms with E-state index in [1.807, 2.05) is 44.4 Å². The van der Waals surface area contributed by atoms with Gasteiger partial charge in [0.1, 0.15) is 23.2 Å². The van der Waals surface area contributed by atoms with Crippen LogP contribution in [0.4, 0.5) is 5.82 Å². The van der Waals surface area contributed by atoms with Gasteiger partial charge in [-0.1, -0.05) is 23.4 Å². The minimum Gasteiger partial charge on any atom is -0.496 e. The molecule has 156 valence electrons. The number of nitrogens with two attached hydrogens (primary N) is 1. The summed E-state index contributed by atoms with van der Waals surface area (Å²) in [5.41, 5.74) is 14.0. The maximum atomic E-state index is 9.96. The van der Waals surface area contributed by atoms with Crippen molar-refractivity contribution in [3.05, 3.63) is 50.7 Å². The van der Waals surface area contributed by atoms with E-state index in [1.165, 1.54) is 10.5 Å². The summed E-state index contributed by atoms with van der Waals surface area (Å²) in [5.74, 6) is 1.21. The number of nitrogen functional groups attached to an aromatic ring is 1. The van der Waals surface area contributed by atoms with E-state index in [4.69, 9.17) is 15.5 Å². The number of aromatic nitrogens is 2. The van der Waals surface area contributed by atoms with Gasteiger partial charge in [0.05, 0.1) is 28.9 Å². The first-order valence-corrected chi connectivity index (χ1v) is 10.6. The first kappa shape index (κ1) is 21.8. The van der Waals surface area contributed by atoms with Crippen molar-refractivity contribution in [2.24, 2.45) is 0 Å². The van der Waals surface area contributed by atoms with Crippen LogP contribution in [0, 0.1) is 39.0 Å². The molecule has 3 rings (SSSR count). The number of allylic oxidation sites excluding steroid dienone is 2. The van der Waals surface area contributed by atoms with Crippen LogP contribution in [0.15, 0.2) is 27.5 Å². The molecule has 0 aliphatic rings. The van der Waals surface area contributed by atoms with E-state index in [9.17, 15) is 5.26 Å². The van der Waals surface area contributed by atoms with Crippen LogP contribution < -0.4 is 10.5 Å². The number of nitrogens with zero attached hydrogens (tertiary/aromatic N) is 3. The minimum absolute atomic E-state index is 0.430. The van der Waals surface area contributed by atoms with Gasteiger partial charge >= 0.3 is 0 Å². The number of hydrogen-bond donors (Lipinski definition) is 1. The summed E-state index contributed by atoms with van der Waals surface area (Å²) in [6.45, 7) is 14.3. The lowest BCUT2D eigenvalue weighted by Crippen LogP contribution is -2.07. The number of anilines is 1. The number of ether oxygens (including phenoxy) is 1. The third-order valence-corrected chi connectivity index (χ3v) is 6.95. The smallest absolute Gasteiger partial charge is 0.127 e. The Morgan fingerprint density at radius 1 is 1.13 bits per heavy atom. The van der Waals surface area contributed by atoms with E-state index < -0.39 is 0 Å². The predicted molar refractivity (Wildman–Crippen MR) is 126 cm³/mol. The van der Waals surface area contributed by atoms with Crippen molar-refractivity contribution in [1.82, 2.24) is 9.55 Å². The molecule has 1 aromatic carbocycles. The molecule has 0 amide bonds. The fraction of sp³-hybridized carbons (Fsp3) is 0.333. The Balaban J connectivity index is 2.58. The molecule has 6 heteroatoms. The first-order valence-electron chi connectivity index (χ1n) is 9.81. The van der Waals surface area contributed by atoms with E-state index in [0.29, 0.717) is 11.4 Å². The number of methoxy groups -OCH3 is 1. The zero-order valence-corrected chi connectivity index (χ0v) is 19.7. The summed E-state index contributed by atoms with van der Waals surface area (Å²) in [4.78, 5) is 6.98. The summed E-state index contributed by atoms with van der Waals surface area (Å²) in [7, 11) is 1.66. The fourth-order valence-electron chi connectivity index (χ4n) is 3.79. The number of fused-ring (bicyclic) bond motifs is 1. The van der Waals surface area contributed by atoms with Gasteiger partial charge in [-0.05, 0) is 65.0 Å². The number of aryl methyl sites for hydroxylation is 3. The van der Waals surface area contributed by atoms with Crippen molar-refractivity contribution in [1.29, 1.82) is 5.26 Å². The van der Waals surface area contributed by atoms with Crippen molar-refractivity contribution in [3.8, 4) is 17.5 Å². The average molecular weight is 421 g/mol. The summed E-state index contributed by atoms with van der Waals surface area (Å²) in [5, 5.41) is 10.8. The molecule has 0 saturated heterocycles. The third kappa shape index (κ3) is 3.33. The second-order valence-corrected chi connectivity index (χ2v) is 8.98. The predicted octanol–water partition coefficient (Wildman–Crippen LogP) is 6.13. The van der Waals surface area contributed by atoms with Crippen LogP contribution in [0.2, 0.25) is 0 Å². The van der Waals surface area contributed by atoms with Crippen molar-refractivity contribution >= 4 is 28.5 Å². The summed E-state index contributed by atoms with van der Waals surface area (Å²) in [6.07, 6.45) is 0. The zero-order chi connectivity index (χ0) is 22.3. The van der Waals surface area contributed by atoms with Gasteiger partial charge in [-0.15, -0.1) is 0 Å². The standard InChI is InChI=1S/C24H28N4OS/c1-12(2)17(7)30-23-16(6)27-15(5)20-18(11-25)24(26)28(22(20)23)21-13(3)9-10-19(29-8)14(21)4/h9-10H,26H2,1-8H3. The summed E-state index contributed by atoms with van der Waals surface area (Å²) >= 11 is 1.68. The van der Waals surface area contributed by atoms with Gasteiger partial charge in [-0.25, -0.2) is 0 Å². The lowest BCUT2D eigenvalue weighted by atomic mass is 10.1. The topological polar surface area (TPSA) is 76.9 Å². The van der Waals surface area contributed by atoms with E-state index in [1.54, 1.807) is 18.9 Å². The van der Waals surface area contributed by atoms with Gasteiger partial charge in [0.15, 0.2) is 0 Å². The Kier molecular flexibility index (Phi) is 5.87. The Morgan fingerprint density at radius 2 is 1.80 bits per heavy atom. The SMILES string of the molecule is COc1ccc(C)c(-n2c(N)c(C#N)c3c(C)nc(C)c(SC(C)=C(C)C)c32)c1C. The lowest BCUT2D eigenvalue weighted by molar-refractivity contribution is 0.411. The van der Waals surface area contributed by atoms with Crippen LogP contribution >= 0.6 is 11.8 Å². The van der Waals surface area contributed by atoms with Crippen molar-refractivity contribution in [2.45, 2.75) is 53.4 Å². The molecule has 0 spiro atoms. The molecular weight excluding hydrogens is 392 g/mol. The summed E-state index contributed by atoms with van der Waals surface area (Å²) in [6, 6.07) is 6.30. The molecular formula is C24H28N4OS. The molecule has 5 nitrogen and oxygen atoms in total. The molecule has 0 aliphatic heterocycles. The lowest BCUT2D eigenvalue weighted by Gasteiger charge is -2.19. The van der Waals surface area contributed by atoms with Gasteiger partial charge < -0.3 is 10.5 Å². The maximum Gasteiger partial charge on any atom is 0.127 e. The van der Waals surface area contributed by atoms with Crippen molar-refractivity contribution in [2.75, 3.05) is 12.8 Å². The second-order valence-electron chi connectivity index (χ2n) is 7.76. The minimum atomic E-state index is 0.430. The highest BCUT2D eigenvalue weighted by molar-refractivity contribution is 8.03. The van der Waals surface area contributed by atoms with Gasteiger partial charge in [0.2, 0.25) is 0 Å². The molecule has 30 heavy (non-hydrogen) atoms. The highest BCUT2D eigenvalue weighted by Crippen LogP contribution is 2.44. The monoisotopic (exact) mass is 420 g/mol. The molecule has 0 fully saturated rings. The molecule has 2 N–H and O–H groups in total. The molecule has 0 bridgehead atoms. The van der Waals surface area contributed by atoms with Gasteiger partial charge in [0.25, 0.3) is 0 Å². The Labute approximate surface area is 182 Å². The second kappa shape index (κ2) is 8.08. The van der Waals surface area contributed by atoms with E-state index in [2.05, 4.69) is 26.8 Å². The Hall–Kier alpha value is -2.91. The normalized spacial score (nSPS) is 10.9. The number of thioether (sulfide) groups is 1. The van der Waals surface area contributed by atoms with Crippen molar-refractivity contribution in [3.63, 3.8) is 0 Å². The molecule has 2 aromatic heterocycles. The molecule has 0 unspecified atom stereocenters. The van der Waals surface area contributed by atoms with Gasteiger partial charge in [0, 0.05) is 16.6 Å². The molecule has 3 aromatic rings.